The molecule has 0 aliphatic carbocycles. The lowest BCUT2D eigenvalue weighted by Crippen LogP contribution is -2.56. The molecule has 1 rings (SSSR count). The van der Waals surface area contributed by atoms with Gasteiger partial charge in [0.2, 0.25) is 5.84 Å². The van der Waals surface area contributed by atoms with E-state index in [4.69, 9.17) is 0 Å². The first-order valence-electron chi connectivity index (χ1n) is 8.91. The maximum absolute atomic E-state index is 10.1. The van der Waals surface area contributed by atoms with Gasteiger partial charge in [-0.25, -0.2) is 4.99 Å². The number of hydrogen-bond donors (Lipinski definition) is 1. The summed E-state index contributed by atoms with van der Waals surface area (Å²) >= 11 is 0. The quantitative estimate of drug-likeness (QED) is 0.344. The van der Waals surface area contributed by atoms with Crippen LogP contribution in [0.15, 0.2) is 17.1 Å². The van der Waals surface area contributed by atoms with Gasteiger partial charge in [0.05, 0.1) is 13.1 Å². The predicted molar refractivity (Wildman–Crippen MR) is 91.4 cm³/mol. The van der Waals surface area contributed by atoms with Gasteiger partial charge in [0.15, 0.2) is 6.23 Å². The maximum atomic E-state index is 10.1. The summed E-state index contributed by atoms with van der Waals surface area (Å²) in [6.07, 6.45) is 14.3. The average molecular weight is 295 g/mol. The number of quaternary nitrogens is 1. The third-order valence-electron chi connectivity index (χ3n) is 4.76. The Morgan fingerprint density at radius 3 is 2.52 bits per heavy atom. The predicted octanol–water partition coefficient (Wildman–Crippen LogP) is 4.27. The molecular weight excluding hydrogens is 260 g/mol. The van der Waals surface area contributed by atoms with Crippen LogP contribution in [0.3, 0.4) is 0 Å². The monoisotopic (exact) mass is 295 g/mol. The number of allylic oxidation sites excluding steroid dienone is 2. The van der Waals surface area contributed by atoms with Gasteiger partial charge in [-0.3, -0.25) is 4.48 Å². The van der Waals surface area contributed by atoms with Crippen LogP contribution < -0.4 is 0 Å². The first-order chi connectivity index (χ1) is 10.2. The van der Waals surface area contributed by atoms with Gasteiger partial charge < -0.3 is 5.11 Å². The van der Waals surface area contributed by atoms with E-state index in [1.807, 2.05) is 6.92 Å². The van der Waals surface area contributed by atoms with Crippen LogP contribution in [0.5, 0.6) is 0 Å². The third-order valence-corrected chi connectivity index (χ3v) is 4.76. The molecule has 3 heteroatoms. The lowest BCUT2D eigenvalue weighted by atomic mass is 10.1. The molecule has 0 aromatic carbocycles. The molecule has 0 aromatic heterocycles. The van der Waals surface area contributed by atoms with E-state index in [9.17, 15) is 5.11 Å². The molecule has 0 saturated heterocycles. The van der Waals surface area contributed by atoms with Gasteiger partial charge in [0.1, 0.15) is 6.54 Å². The highest BCUT2D eigenvalue weighted by atomic mass is 16.3. The van der Waals surface area contributed by atoms with Gasteiger partial charge in [0.25, 0.3) is 0 Å². The van der Waals surface area contributed by atoms with E-state index in [2.05, 4.69) is 31.0 Å². The Morgan fingerprint density at radius 1 is 1.14 bits per heavy atom. The second-order valence-corrected chi connectivity index (χ2v) is 6.22. The second kappa shape index (κ2) is 10.1. The second-order valence-electron chi connectivity index (χ2n) is 6.22. The summed E-state index contributed by atoms with van der Waals surface area (Å²) in [5.41, 5.74) is 0. The van der Waals surface area contributed by atoms with E-state index in [0.717, 1.165) is 32.5 Å². The van der Waals surface area contributed by atoms with Crippen LogP contribution in [0, 0.1) is 0 Å². The van der Waals surface area contributed by atoms with Gasteiger partial charge in [0, 0.05) is 13.3 Å². The van der Waals surface area contributed by atoms with E-state index in [1.54, 1.807) is 0 Å². The fraction of sp³-hybridized carbons (Fsp3) is 0.833. The zero-order valence-electron chi connectivity index (χ0n) is 14.4. The normalized spacial score (nSPS) is 23.7. The summed E-state index contributed by atoms with van der Waals surface area (Å²) in [6.45, 7) is 9.08. The van der Waals surface area contributed by atoms with E-state index >= 15 is 0 Å². The minimum atomic E-state index is -0.334. The molecule has 1 heterocycles. The van der Waals surface area contributed by atoms with Gasteiger partial charge in [-0.15, -0.1) is 0 Å². The van der Waals surface area contributed by atoms with E-state index in [0.29, 0.717) is 4.48 Å². The smallest absolute Gasteiger partial charge is 0.200 e. The lowest BCUT2D eigenvalue weighted by molar-refractivity contribution is -0.882. The van der Waals surface area contributed by atoms with Crippen LogP contribution in [-0.4, -0.2) is 41.3 Å². The maximum Gasteiger partial charge on any atom is 0.200 e. The molecule has 122 valence electrons. The van der Waals surface area contributed by atoms with Crippen LogP contribution in [0.1, 0.15) is 72.1 Å². The number of amidine groups is 1. The molecule has 2 unspecified atom stereocenters. The average Bonchev–Trinajstić information content (AvgIpc) is 2.89. The largest absolute Gasteiger partial charge is 0.345 e. The Balaban J connectivity index is 2.23. The molecule has 3 nitrogen and oxygen atoms in total. The number of rotatable bonds is 11. The summed E-state index contributed by atoms with van der Waals surface area (Å²) in [4.78, 5) is 4.64. The summed E-state index contributed by atoms with van der Waals surface area (Å²) in [5.74, 6) is 1.19. The standard InChI is InChI=1S/C18H35N2O/c1-4-6-7-8-9-10-11-12-13-14-18-19-15-16-20(18,5-2)17(3)21/h11-12,17,21H,4-10,13-16H2,1-3H3/q+1/b12-11+. The van der Waals surface area contributed by atoms with Gasteiger partial charge in [-0.05, 0) is 26.2 Å². The molecule has 0 aromatic rings. The van der Waals surface area contributed by atoms with Crippen molar-refractivity contribution in [3.63, 3.8) is 0 Å². The number of aliphatic hydroxyl groups is 1. The van der Waals surface area contributed by atoms with Crippen LogP contribution in [-0.2, 0) is 0 Å². The molecule has 1 N–H and O–H groups in total. The minimum absolute atomic E-state index is 0.334. The van der Waals surface area contributed by atoms with Crippen molar-refractivity contribution in [2.75, 3.05) is 19.6 Å². The molecule has 2 atom stereocenters. The third kappa shape index (κ3) is 5.55. The highest BCUT2D eigenvalue weighted by Gasteiger charge is 2.40. The SMILES string of the molecule is CCCCCCC/C=C/CCC1=NCC[N+]1(CC)C(C)O. The fourth-order valence-electron chi connectivity index (χ4n) is 3.25. The number of unbranched alkanes of at least 4 members (excludes halogenated alkanes) is 5. The number of hydrogen-bond acceptors (Lipinski definition) is 2. The number of likely N-dealkylation sites (N-methyl/N-ethyl adjacent to an activating group) is 1. The van der Waals surface area contributed by atoms with Gasteiger partial charge in [-0.2, -0.15) is 0 Å². The van der Waals surface area contributed by atoms with Crippen molar-refractivity contribution in [3.8, 4) is 0 Å². The Hall–Kier alpha value is -0.670. The van der Waals surface area contributed by atoms with Crippen molar-refractivity contribution in [2.45, 2.75) is 78.4 Å². The van der Waals surface area contributed by atoms with Crippen molar-refractivity contribution >= 4 is 5.84 Å². The zero-order valence-corrected chi connectivity index (χ0v) is 14.4. The van der Waals surface area contributed by atoms with Crippen LogP contribution in [0.25, 0.3) is 0 Å². The zero-order chi connectivity index (χ0) is 15.6. The van der Waals surface area contributed by atoms with E-state index in [-0.39, 0.29) is 6.23 Å². The van der Waals surface area contributed by atoms with Crippen LogP contribution >= 0.6 is 0 Å². The Kier molecular flexibility index (Phi) is 8.86. The molecule has 0 amide bonds. The molecule has 1 aliphatic rings. The molecule has 0 radical (unpaired) electrons. The first-order valence-corrected chi connectivity index (χ1v) is 8.91. The molecule has 0 fully saturated rings. The number of aliphatic hydroxyl groups excluding tert-OH is 1. The Bertz CT molecular complexity index is 336. The Morgan fingerprint density at radius 2 is 1.86 bits per heavy atom. The van der Waals surface area contributed by atoms with E-state index < -0.39 is 0 Å². The van der Waals surface area contributed by atoms with Crippen molar-refractivity contribution in [3.05, 3.63) is 12.2 Å². The topological polar surface area (TPSA) is 32.6 Å². The van der Waals surface area contributed by atoms with Crippen LogP contribution in [0.2, 0.25) is 0 Å². The van der Waals surface area contributed by atoms with Crippen molar-refractivity contribution < 1.29 is 9.59 Å². The molecular formula is C18H35N2O+. The van der Waals surface area contributed by atoms with Gasteiger partial charge >= 0.3 is 0 Å². The number of aliphatic imine (C=N–C) groups is 1. The van der Waals surface area contributed by atoms with Crippen molar-refractivity contribution in [2.24, 2.45) is 4.99 Å². The minimum Gasteiger partial charge on any atom is -0.345 e. The summed E-state index contributed by atoms with van der Waals surface area (Å²) < 4.78 is 0.685. The highest BCUT2D eigenvalue weighted by molar-refractivity contribution is 5.77. The highest BCUT2D eigenvalue weighted by Crippen LogP contribution is 2.22. The Labute approximate surface area is 131 Å². The van der Waals surface area contributed by atoms with Gasteiger partial charge in [-0.1, -0.05) is 44.8 Å². The van der Waals surface area contributed by atoms with Crippen molar-refractivity contribution in [1.82, 2.24) is 0 Å². The summed E-state index contributed by atoms with van der Waals surface area (Å²) in [7, 11) is 0. The van der Waals surface area contributed by atoms with Crippen LogP contribution in [0.4, 0.5) is 0 Å². The molecule has 1 aliphatic heterocycles. The summed E-state index contributed by atoms with van der Waals surface area (Å²) in [5, 5.41) is 10.1. The van der Waals surface area contributed by atoms with E-state index in [1.165, 1.54) is 44.4 Å². The lowest BCUT2D eigenvalue weighted by Gasteiger charge is -2.36. The summed E-state index contributed by atoms with van der Waals surface area (Å²) in [6, 6.07) is 0. The fourth-order valence-corrected chi connectivity index (χ4v) is 3.25. The molecule has 0 spiro atoms. The first kappa shape index (κ1) is 18.4. The molecule has 0 saturated carbocycles. The molecule has 0 bridgehead atoms. The number of nitrogens with zero attached hydrogens (tertiary/aromatic N) is 2. The molecule has 21 heavy (non-hydrogen) atoms. The van der Waals surface area contributed by atoms with Crippen molar-refractivity contribution in [1.29, 1.82) is 0 Å².